The molecule has 92 valence electrons. The molecule has 0 aliphatic heterocycles. The van der Waals surface area contributed by atoms with E-state index in [1.165, 1.54) is 0 Å². The highest BCUT2D eigenvalue weighted by Crippen LogP contribution is 2.30. The van der Waals surface area contributed by atoms with Gasteiger partial charge in [-0.25, -0.2) is 0 Å². The molecule has 0 spiro atoms. The van der Waals surface area contributed by atoms with Crippen molar-refractivity contribution in [3.63, 3.8) is 0 Å². The molecule has 2 atom stereocenters. The van der Waals surface area contributed by atoms with Gasteiger partial charge in [0.1, 0.15) is 0 Å². The van der Waals surface area contributed by atoms with Crippen LogP contribution in [0.5, 0.6) is 0 Å². The molecule has 1 fully saturated rings. The van der Waals surface area contributed by atoms with Crippen molar-refractivity contribution in [1.29, 1.82) is 0 Å². The Kier molecular flexibility index (Phi) is 3.94. The van der Waals surface area contributed by atoms with Gasteiger partial charge in [0.25, 0.3) is 0 Å². The highest BCUT2D eigenvalue weighted by Gasteiger charge is 2.36. The number of rotatable bonds is 2. The Bertz CT molecular complexity index is 280. The highest BCUT2D eigenvalue weighted by atomic mass is 16.4. The molecule has 1 amide bonds. The third-order valence-corrected chi connectivity index (χ3v) is 2.92. The molecule has 0 aromatic carbocycles. The molecule has 1 aliphatic rings. The van der Waals surface area contributed by atoms with Crippen LogP contribution < -0.4 is 5.32 Å². The lowest BCUT2D eigenvalue weighted by Gasteiger charge is -2.30. The Morgan fingerprint density at radius 1 is 1.12 bits per heavy atom. The quantitative estimate of drug-likeness (QED) is 0.755. The minimum atomic E-state index is -0.839. The van der Waals surface area contributed by atoms with Crippen LogP contribution in [-0.4, -0.2) is 22.5 Å². The zero-order valence-corrected chi connectivity index (χ0v) is 10.2. The fraction of sp³-hybridized carbons (Fsp3) is 0.833. The van der Waals surface area contributed by atoms with Gasteiger partial charge in [0.2, 0.25) is 5.91 Å². The van der Waals surface area contributed by atoms with E-state index in [-0.39, 0.29) is 17.4 Å². The molecule has 0 saturated heterocycles. The summed E-state index contributed by atoms with van der Waals surface area (Å²) in [7, 11) is 0. The fourth-order valence-corrected chi connectivity index (χ4v) is 2.20. The second kappa shape index (κ2) is 4.85. The topological polar surface area (TPSA) is 66.4 Å². The third-order valence-electron chi connectivity index (χ3n) is 2.92. The lowest BCUT2D eigenvalue weighted by Crippen LogP contribution is -2.47. The summed E-state index contributed by atoms with van der Waals surface area (Å²) in [5, 5.41) is 11.9. The molecular weight excluding hydrogens is 206 g/mol. The Balaban J connectivity index is 2.68. The molecule has 1 saturated carbocycles. The lowest BCUT2D eigenvalue weighted by atomic mass is 9.78. The number of carboxylic acid groups (broad SMARTS) is 1. The molecule has 0 bridgehead atoms. The van der Waals surface area contributed by atoms with E-state index in [0.29, 0.717) is 12.8 Å². The Morgan fingerprint density at radius 2 is 1.62 bits per heavy atom. The summed E-state index contributed by atoms with van der Waals surface area (Å²) >= 11 is 0. The molecule has 4 heteroatoms. The number of hydrogen-bond donors (Lipinski definition) is 2. The van der Waals surface area contributed by atoms with E-state index < -0.39 is 11.9 Å². The van der Waals surface area contributed by atoms with Gasteiger partial charge in [0.05, 0.1) is 11.8 Å². The van der Waals surface area contributed by atoms with Crippen LogP contribution in [-0.2, 0) is 9.59 Å². The largest absolute Gasteiger partial charge is 0.481 e. The van der Waals surface area contributed by atoms with Crippen LogP contribution in [0.1, 0.15) is 46.5 Å². The van der Waals surface area contributed by atoms with Crippen molar-refractivity contribution in [1.82, 2.24) is 5.32 Å². The van der Waals surface area contributed by atoms with Gasteiger partial charge < -0.3 is 10.4 Å². The van der Waals surface area contributed by atoms with Gasteiger partial charge in [-0.3, -0.25) is 9.59 Å². The predicted octanol–water partition coefficient (Wildman–Crippen LogP) is 1.79. The summed E-state index contributed by atoms with van der Waals surface area (Å²) in [5.74, 6) is -1.81. The van der Waals surface area contributed by atoms with Crippen molar-refractivity contribution < 1.29 is 14.7 Å². The van der Waals surface area contributed by atoms with E-state index >= 15 is 0 Å². The van der Waals surface area contributed by atoms with Crippen molar-refractivity contribution in [2.45, 2.75) is 52.0 Å². The first kappa shape index (κ1) is 13.0. The maximum atomic E-state index is 12.0. The van der Waals surface area contributed by atoms with Crippen molar-refractivity contribution in [2.75, 3.05) is 0 Å². The van der Waals surface area contributed by atoms with Gasteiger partial charge >= 0.3 is 5.97 Å². The first-order chi connectivity index (χ1) is 7.31. The Morgan fingerprint density at radius 3 is 2.06 bits per heavy atom. The van der Waals surface area contributed by atoms with Gasteiger partial charge in [0.15, 0.2) is 0 Å². The van der Waals surface area contributed by atoms with Crippen LogP contribution in [0.15, 0.2) is 0 Å². The molecule has 16 heavy (non-hydrogen) atoms. The molecule has 0 radical (unpaired) electrons. The molecule has 0 aromatic heterocycles. The molecule has 1 rings (SSSR count). The van der Waals surface area contributed by atoms with E-state index in [0.717, 1.165) is 12.8 Å². The van der Waals surface area contributed by atoms with Crippen molar-refractivity contribution in [3.8, 4) is 0 Å². The van der Waals surface area contributed by atoms with Crippen LogP contribution in [0.25, 0.3) is 0 Å². The molecular formula is C12H21NO3. The zero-order valence-electron chi connectivity index (χ0n) is 10.2. The summed E-state index contributed by atoms with van der Waals surface area (Å²) in [6, 6.07) is 0. The maximum Gasteiger partial charge on any atom is 0.307 e. The average molecular weight is 227 g/mol. The summed E-state index contributed by atoms with van der Waals surface area (Å²) in [6.07, 6.45) is 3.18. The van der Waals surface area contributed by atoms with Crippen LogP contribution in [0.3, 0.4) is 0 Å². The fourth-order valence-electron chi connectivity index (χ4n) is 2.20. The van der Waals surface area contributed by atoms with Crippen molar-refractivity contribution in [3.05, 3.63) is 0 Å². The number of hydrogen-bond acceptors (Lipinski definition) is 2. The van der Waals surface area contributed by atoms with E-state index in [1.54, 1.807) is 0 Å². The number of amides is 1. The number of carboxylic acids is 1. The number of nitrogens with one attached hydrogen (secondary N) is 1. The molecule has 0 aromatic rings. The number of carbonyl (C=O) groups excluding carboxylic acids is 1. The van der Waals surface area contributed by atoms with E-state index in [4.69, 9.17) is 5.11 Å². The summed E-state index contributed by atoms with van der Waals surface area (Å²) in [6.45, 7) is 5.72. The van der Waals surface area contributed by atoms with Crippen molar-refractivity contribution in [2.24, 2.45) is 11.8 Å². The minimum absolute atomic E-state index is 0.111. The summed E-state index contributed by atoms with van der Waals surface area (Å²) in [5.41, 5.74) is -0.294. The number of carbonyl (C=O) groups is 2. The van der Waals surface area contributed by atoms with E-state index in [9.17, 15) is 9.59 Å². The van der Waals surface area contributed by atoms with Crippen LogP contribution in [0.2, 0.25) is 0 Å². The van der Waals surface area contributed by atoms with E-state index in [1.807, 2.05) is 20.8 Å². The normalized spacial score (nSPS) is 26.2. The number of aliphatic carboxylic acids is 1. The maximum absolute atomic E-state index is 12.0. The second-order valence-electron chi connectivity index (χ2n) is 5.57. The van der Waals surface area contributed by atoms with Crippen molar-refractivity contribution >= 4 is 11.9 Å². The van der Waals surface area contributed by atoms with Gasteiger partial charge in [-0.05, 0) is 33.6 Å². The lowest BCUT2D eigenvalue weighted by molar-refractivity contribution is -0.149. The van der Waals surface area contributed by atoms with Gasteiger partial charge in [0, 0.05) is 5.54 Å². The molecule has 2 N–H and O–H groups in total. The van der Waals surface area contributed by atoms with Crippen LogP contribution in [0.4, 0.5) is 0 Å². The standard InChI is InChI=1S/C12H21NO3/c1-12(2,3)13-10(14)8-6-4-5-7-9(8)11(15)16/h8-9H,4-7H2,1-3H3,(H,13,14)(H,15,16)/t8-,9+/m0/s1. The SMILES string of the molecule is CC(C)(C)NC(=O)[C@H]1CCCC[C@H]1C(=O)O. The predicted molar refractivity (Wildman–Crippen MR) is 61.0 cm³/mol. The molecule has 4 nitrogen and oxygen atoms in total. The monoisotopic (exact) mass is 227 g/mol. The minimum Gasteiger partial charge on any atom is -0.481 e. The Hall–Kier alpha value is -1.06. The summed E-state index contributed by atoms with van der Waals surface area (Å²) < 4.78 is 0. The average Bonchev–Trinajstić information content (AvgIpc) is 2.15. The molecule has 1 aliphatic carbocycles. The summed E-state index contributed by atoms with van der Waals surface area (Å²) in [4.78, 5) is 23.0. The van der Waals surface area contributed by atoms with Crippen LogP contribution in [0, 0.1) is 11.8 Å². The molecule has 0 unspecified atom stereocenters. The third kappa shape index (κ3) is 3.51. The van der Waals surface area contributed by atoms with Gasteiger partial charge in [-0.15, -0.1) is 0 Å². The highest BCUT2D eigenvalue weighted by molar-refractivity contribution is 5.85. The second-order valence-corrected chi connectivity index (χ2v) is 5.57. The molecule has 0 heterocycles. The first-order valence-electron chi connectivity index (χ1n) is 5.86. The smallest absolute Gasteiger partial charge is 0.307 e. The zero-order chi connectivity index (χ0) is 12.3. The van der Waals surface area contributed by atoms with Gasteiger partial charge in [-0.2, -0.15) is 0 Å². The van der Waals surface area contributed by atoms with Gasteiger partial charge in [-0.1, -0.05) is 12.8 Å². The Labute approximate surface area is 96.4 Å². The van der Waals surface area contributed by atoms with E-state index in [2.05, 4.69) is 5.32 Å². The van der Waals surface area contributed by atoms with Crippen LogP contribution >= 0.6 is 0 Å². The first-order valence-corrected chi connectivity index (χ1v) is 5.86.